The molecular formula is C22H40Cl2Si3Ti-2. The molecule has 0 fully saturated rings. The van der Waals surface area contributed by atoms with E-state index in [1.807, 2.05) is 0 Å². The molecule has 2 aliphatic rings. The monoisotopic (exact) mass is 506 g/mol. The summed E-state index contributed by atoms with van der Waals surface area (Å²) >= 11 is 2.27. The average molecular weight is 508 g/mol. The molecule has 0 aliphatic heterocycles. The third kappa shape index (κ3) is 12.6. The third-order valence-electron chi connectivity index (χ3n) is 4.80. The van der Waals surface area contributed by atoms with E-state index >= 15 is 0 Å². The van der Waals surface area contributed by atoms with Crippen LogP contribution in [0.5, 0.6) is 0 Å². The fraction of sp³-hybridized carbons (Fsp3) is 0.636. The van der Waals surface area contributed by atoms with Gasteiger partial charge in [-0.25, -0.2) is 16.8 Å². The molecule has 28 heavy (non-hydrogen) atoms. The maximum atomic E-state index is 3.53. The van der Waals surface area contributed by atoms with E-state index in [-0.39, 0.29) is 31.0 Å². The Morgan fingerprint density at radius 1 is 0.964 bits per heavy atom. The predicted molar refractivity (Wildman–Crippen MR) is 124 cm³/mol. The van der Waals surface area contributed by atoms with Crippen LogP contribution in [0.1, 0.15) is 27.7 Å². The van der Waals surface area contributed by atoms with Crippen LogP contribution in [-0.4, -0.2) is 22.3 Å². The van der Waals surface area contributed by atoms with Crippen molar-refractivity contribution < 1.29 is 44.0 Å². The van der Waals surface area contributed by atoms with Crippen LogP contribution < -0.4 is 24.8 Å². The van der Waals surface area contributed by atoms with Crippen molar-refractivity contribution in [3.63, 3.8) is 0 Å². The van der Waals surface area contributed by atoms with Crippen molar-refractivity contribution in [1.29, 1.82) is 0 Å². The molecule has 0 saturated heterocycles. The van der Waals surface area contributed by atoms with E-state index in [1.165, 1.54) is 16.7 Å². The molecule has 0 aromatic heterocycles. The van der Waals surface area contributed by atoms with Gasteiger partial charge in [0, 0.05) is 8.07 Å². The number of hydrogen-bond donors (Lipinski definition) is 0. The average Bonchev–Trinajstić information content (AvgIpc) is 3.01. The molecule has 0 radical (unpaired) electrons. The molecular weight excluding hydrogens is 467 g/mol. The molecule has 160 valence electrons. The van der Waals surface area contributed by atoms with Gasteiger partial charge in [0.25, 0.3) is 0 Å². The van der Waals surface area contributed by atoms with Crippen LogP contribution in [0.4, 0.5) is 0 Å². The van der Waals surface area contributed by atoms with Crippen LogP contribution >= 0.6 is 0 Å². The largest absolute Gasteiger partial charge is 1.00 e. The third-order valence-corrected chi connectivity index (χ3v) is 9.04. The second-order valence-electron chi connectivity index (χ2n) is 9.83. The zero-order valence-corrected chi connectivity index (χ0v) is 26.1. The fourth-order valence-corrected chi connectivity index (χ4v) is 5.20. The number of hydrogen-bond acceptors (Lipinski definition) is 0. The molecule has 0 amide bonds. The Labute approximate surface area is 202 Å². The van der Waals surface area contributed by atoms with E-state index in [2.05, 4.69) is 124 Å². The van der Waals surface area contributed by atoms with Crippen molar-refractivity contribution in [2.75, 3.05) is 0 Å². The topological polar surface area (TPSA) is 0 Å². The Hall–Kier alpha value is 0.905. The zero-order chi connectivity index (χ0) is 20.9. The normalized spacial score (nSPS) is 20.6. The minimum Gasteiger partial charge on any atom is -1.00 e. The molecule has 6 heteroatoms. The standard InChI is InChI=1S/C11H21Si2.C9H13.C2H6Si.2ClH.Ti/c1-12(2,3)10-7-8-11(9-10)13(4,5)6;1-6-5-7(2)9(4)8(6)3;1-3-2;;;/h7,9,11H,1-6H3;6H,1-4H3;1-2H3;2*1H;/q2*-1;;;;+2/p-2. The first kappa shape index (κ1) is 33.5. The molecule has 0 aromatic carbocycles. The molecule has 0 bridgehead atoms. The van der Waals surface area contributed by atoms with Crippen LogP contribution in [0.2, 0.25) is 57.9 Å². The summed E-state index contributed by atoms with van der Waals surface area (Å²) in [6, 6.07) is 0. The first-order valence-corrected chi connectivity index (χ1v) is 21.6. The van der Waals surface area contributed by atoms with Gasteiger partial charge in [0.15, 0.2) is 0 Å². The van der Waals surface area contributed by atoms with Crippen LogP contribution in [-0.2, 0) is 19.2 Å². The summed E-state index contributed by atoms with van der Waals surface area (Å²) in [6.45, 7) is 27.7. The van der Waals surface area contributed by atoms with Crippen LogP contribution in [0, 0.1) is 18.1 Å². The van der Waals surface area contributed by atoms with Crippen molar-refractivity contribution in [1.82, 2.24) is 0 Å². The first-order chi connectivity index (χ1) is 11.6. The quantitative estimate of drug-likeness (QED) is 0.392. The Morgan fingerprint density at radius 2 is 1.39 bits per heavy atom. The molecule has 2 aliphatic carbocycles. The van der Waals surface area contributed by atoms with Gasteiger partial charge in [-0.2, -0.15) is 17.2 Å². The van der Waals surface area contributed by atoms with Crippen molar-refractivity contribution >= 4 is 22.3 Å². The number of rotatable bonds is 2. The van der Waals surface area contributed by atoms with Gasteiger partial charge in [0.2, 0.25) is 0 Å². The van der Waals surface area contributed by atoms with E-state index in [9.17, 15) is 0 Å². The molecule has 0 heterocycles. The van der Waals surface area contributed by atoms with Crippen LogP contribution in [0.15, 0.2) is 34.1 Å². The van der Waals surface area contributed by atoms with E-state index in [4.69, 9.17) is 0 Å². The van der Waals surface area contributed by atoms with Gasteiger partial charge in [-0.3, -0.25) is 12.2 Å². The van der Waals surface area contributed by atoms with Crippen molar-refractivity contribution in [2.45, 2.75) is 85.6 Å². The minimum atomic E-state index is -1.08. The second kappa shape index (κ2) is 14.1. The molecule has 2 rings (SSSR count). The van der Waals surface area contributed by atoms with Crippen molar-refractivity contribution in [2.24, 2.45) is 5.92 Å². The summed E-state index contributed by atoms with van der Waals surface area (Å²) in [5, 5.41) is 1.60. The predicted octanol–water partition coefficient (Wildman–Crippen LogP) is 1.39. The molecule has 0 saturated carbocycles. The van der Waals surface area contributed by atoms with Gasteiger partial charge >= 0.3 is 38.5 Å². The molecule has 0 nitrogen and oxygen atoms in total. The Balaban J connectivity index is -0.000000366. The smallest absolute Gasteiger partial charge is 1.00 e. The van der Waals surface area contributed by atoms with E-state index < -0.39 is 16.1 Å². The summed E-state index contributed by atoms with van der Waals surface area (Å²) in [7, 11) is -2.12. The molecule has 0 aromatic rings. The maximum absolute atomic E-state index is 3.53. The Morgan fingerprint density at radius 3 is 1.54 bits per heavy atom. The van der Waals surface area contributed by atoms with Gasteiger partial charge in [-0.15, -0.1) is 12.5 Å². The number of halogens is 2. The molecule has 0 spiro atoms. The van der Waals surface area contributed by atoms with Crippen LogP contribution in [0.3, 0.4) is 0 Å². The maximum Gasteiger partial charge on any atom is -1.00 e. The van der Waals surface area contributed by atoms with Crippen molar-refractivity contribution in [3.8, 4) is 0 Å². The van der Waals surface area contributed by atoms with Crippen molar-refractivity contribution in [3.05, 3.63) is 46.2 Å². The van der Waals surface area contributed by atoms with E-state index in [1.54, 1.807) is 5.20 Å². The second-order valence-corrected chi connectivity index (χ2v) is 26.9. The van der Waals surface area contributed by atoms with E-state index in [0.717, 1.165) is 0 Å². The van der Waals surface area contributed by atoms with Crippen LogP contribution in [0.25, 0.3) is 0 Å². The summed E-state index contributed by atoms with van der Waals surface area (Å²) < 4.78 is 0. The Bertz CT molecular complexity index is 629. The summed E-state index contributed by atoms with van der Waals surface area (Å²) in [4.78, 5) is 0. The SMILES string of the molecule is CC1=[C-]C(C)C(C)=C1C.C[Si](C)(C)C1=CC([Si](C)(C)C)[C-]=C1.C[Si](C)=[Ti+2].[Cl-].[Cl-]. The molecule has 0 N–H and O–H groups in total. The number of allylic oxidation sites excluding steroid dienone is 8. The van der Waals surface area contributed by atoms with Gasteiger partial charge in [-0.05, 0) is 8.07 Å². The Kier molecular flexibility index (Phi) is 16.8. The van der Waals surface area contributed by atoms with E-state index in [0.29, 0.717) is 11.5 Å². The van der Waals surface area contributed by atoms with Gasteiger partial charge in [0.05, 0.1) is 0 Å². The first-order valence-electron chi connectivity index (χ1n) is 9.68. The minimum absolute atomic E-state index is 0. The van der Waals surface area contributed by atoms with Gasteiger partial charge in [-0.1, -0.05) is 66.0 Å². The molecule has 2 unspecified atom stereocenters. The fourth-order valence-electron chi connectivity index (χ4n) is 2.58. The summed E-state index contributed by atoms with van der Waals surface area (Å²) in [5.41, 5.74) is 4.91. The molecule has 2 atom stereocenters. The zero-order valence-electron chi connectivity index (χ0n) is 20.1. The summed E-state index contributed by atoms with van der Waals surface area (Å²) in [6.07, 6.45) is 11.8. The summed E-state index contributed by atoms with van der Waals surface area (Å²) in [5.74, 6) is 0.560. The van der Waals surface area contributed by atoms with Gasteiger partial charge < -0.3 is 24.8 Å². The van der Waals surface area contributed by atoms with Gasteiger partial charge in [0.1, 0.15) is 0 Å².